The highest BCUT2D eigenvalue weighted by Gasteiger charge is 2.44. The molecule has 27 heavy (non-hydrogen) atoms. The SMILES string of the molecule is CC(C)n1cc(C(=O)N2CC[C@@]3(O)CCCC[C@H]3C2)c2ccccc2c1=O. The molecule has 1 saturated heterocycles. The lowest BCUT2D eigenvalue weighted by molar-refractivity contribution is -0.0886. The zero-order valence-corrected chi connectivity index (χ0v) is 16.1. The van der Waals surface area contributed by atoms with E-state index >= 15 is 0 Å². The Morgan fingerprint density at radius 1 is 1.19 bits per heavy atom. The second kappa shape index (κ2) is 6.79. The summed E-state index contributed by atoms with van der Waals surface area (Å²) in [5.74, 6) is 0.124. The Bertz CT molecular complexity index is 933. The van der Waals surface area contributed by atoms with E-state index in [1.165, 1.54) is 0 Å². The fraction of sp³-hybridized carbons (Fsp3) is 0.545. The van der Waals surface area contributed by atoms with Gasteiger partial charge in [-0.25, -0.2) is 0 Å². The highest BCUT2D eigenvalue weighted by atomic mass is 16.3. The van der Waals surface area contributed by atoms with Crippen LogP contribution in [-0.4, -0.2) is 39.2 Å². The van der Waals surface area contributed by atoms with Crippen LogP contribution < -0.4 is 5.56 Å². The van der Waals surface area contributed by atoms with E-state index in [1.54, 1.807) is 16.8 Å². The molecule has 1 N–H and O–H groups in total. The van der Waals surface area contributed by atoms with Gasteiger partial charge in [0.1, 0.15) is 0 Å². The minimum Gasteiger partial charge on any atom is -0.389 e. The molecule has 1 aliphatic carbocycles. The van der Waals surface area contributed by atoms with Gasteiger partial charge in [-0.1, -0.05) is 31.0 Å². The Morgan fingerprint density at radius 2 is 1.93 bits per heavy atom. The van der Waals surface area contributed by atoms with E-state index in [4.69, 9.17) is 0 Å². The number of piperidine rings is 1. The van der Waals surface area contributed by atoms with Crippen molar-refractivity contribution in [3.8, 4) is 0 Å². The zero-order valence-electron chi connectivity index (χ0n) is 16.1. The van der Waals surface area contributed by atoms with Gasteiger partial charge in [0.25, 0.3) is 11.5 Å². The molecule has 5 nitrogen and oxygen atoms in total. The summed E-state index contributed by atoms with van der Waals surface area (Å²) in [4.78, 5) is 28.0. The monoisotopic (exact) mass is 368 g/mol. The number of likely N-dealkylation sites (tertiary alicyclic amines) is 1. The predicted octanol–water partition coefficient (Wildman–Crippen LogP) is 3.35. The number of pyridine rings is 1. The summed E-state index contributed by atoms with van der Waals surface area (Å²) < 4.78 is 1.65. The molecule has 1 saturated carbocycles. The molecule has 1 aliphatic heterocycles. The average Bonchev–Trinajstić information content (AvgIpc) is 2.67. The number of benzene rings is 1. The molecule has 0 spiro atoms. The number of hydrogen-bond acceptors (Lipinski definition) is 3. The van der Waals surface area contributed by atoms with Gasteiger partial charge in [0.2, 0.25) is 0 Å². The summed E-state index contributed by atoms with van der Waals surface area (Å²) in [5.41, 5.74) is -0.0778. The number of carbonyl (C=O) groups excluding carboxylic acids is 1. The minimum absolute atomic E-state index is 0.0153. The second-order valence-electron chi connectivity index (χ2n) is 8.44. The van der Waals surface area contributed by atoms with E-state index in [-0.39, 0.29) is 23.4 Å². The van der Waals surface area contributed by atoms with Gasteiger partial charge in [-0.2, -0.15) is 0 Å². The molecule has 4 rings (SSSR count). The number of fused-ring (bicyclic) bond motifs is 2. The third-order valence-corrected chi connectivity index (χ3v) is 6.45. The number of amides is 1. The molecule has 144 valence electrons. The topological polar surface area (TPSA) is 62.5 Å². The van der Waals surface area contributed by atoms with Crippen molar-refractivity contribution >= 4 is 16.7 Å². The molecule has 1 aromatic carbocycles. The van der Waals surface area contributed by atoms with Crippen molar-refractivity contribution < 1.29 is 9.90 Å². The number of carbonyl (C=O) groups is 1. The summed E-state index contributed by atoms with van der Waals surface area (Å²) in [6.07, 6.45) is 6.39. The summed E-state index contributed by atoms with van der Waals surface area (Å²) in [6.45, 7) is 5.08. The zero-order chi connectivity index (χ0) is 19.2. The van der Waals surface area contributed by atoms with Crippen molar-refractivity contribution in [3.63, 3.8) is 0 Å². The lowest BCUT2D eigenvalue weighted by Crippen LogP contribution is -2.54. The molecular formula is C22H28N2O3. The first-order chi connectivity index (χ1) is 12.9. The summed E-state index contributed by atoms with van der Waals surface area (Å²) >= 11 is 0. The summed E-state index contributed by atoms with van der Waals surface area (Å²) in [5, 5.41) is 12.2. The standard InChI is InChI=1S/C22H28N2O3/c1-15(2)24-14-19(17-8-3-4-9-18(17)21(24)26)20(25)23-12-11-22(27)10-6-5-7-16(22)13-23/h3-4,8-9,14-16,27H,5-7,10-13H2,1-2H3/t16-,22-/m0/s1. The maximum atomic E-state index is 13.4. The largest absolute Gasteiger partial charge is 0.389 e. The highest BCUT2D eigenvalue weighted by Crippen LogP contribution is 2.40. The number of aliphatic hydroxyl groups is 1. The van der Waals surface area contributed by atoms with Crippen LogP contribution in [0.2, 0.25) is 0 Å². The molecule has 2 fully saturated rings. The van der Waals surface area contributed by atoms with E-state index in [1.807, 2.05) is 36.9 Å². The van der Waals surface area contributed by atoms with E-state index in [0.717, 1.165) is 25.7 Å². The number of aromatic nitrogens is 1. The van der Waals surface area contributed by atoms with Gasteiger partial charge in [-0.05, 0) is 39.2 Å². The Labute approximate surface area is 159 Å². The lowest BCUT2D eigenvalue weighted by atomic mass is 9.71. The minimum atomic E-state index is -0.603. The van der Waals surface area contributed by atoms with Crippen molar-refractivity contribution in [3.05, 3.63) is 46.4 Å². The lowest BCUT2D eigenvalue weighted by Gasteiger charge is -2.47. The molecule has 2 aromatic rings. The van der Waals surface area contributed by atoms with Gasteiger partial charge in [0.05, 0.1) is 11.2 Å². The van der Waals surface area contributed by atoms with E-state index in [0.29, 0.717) is 35.8 Å². The van der Waals surface area contributed by atoms with E-state index in [9.17, 15) is 14.7 Å². The normalized spacial score (nSPS) is 25.6. The Hall–Kier alpha value is -2.14. The van der Waals surface area contributed by atoms with Crippen molar-refractivity contribution in [2.45, 2.75) is 57.6 Å². The summed E-state index contributed by atoms with van der Waals surface area (Å²) in [7, 11) is 0. The van der Waals surface area contributed by atoms with Gasteiger partial charge in [0, 0.05) is 42.0 Å². The fourth-order valence-corrected chi connectivity index (χ4v) is 4.79. The quantitative estimate of drug-likeness (QED) is 0.884. The van der Waals surface area contributed by atoms with Gasteiger partial charge < -0.3 is 14.6 Å². The Morgan fingerprint density at radius 3 is 2.67 bits per heavy atom. The van der Waals surface area contributed by atoms with Crippen LogP contribution in [0.1, 0.15) is 62.4 Å². The first-order valence-corrected chi connectivity index (χ1v) is 10.1. The molecule has 1 aromatic heterocycles. The Kier molecular flexibility index (Phi) is 4.58. The van der Waals surface area contributed by atoms with Crippen LogP contribution in [0.15, 0.2) is 35.3 Å². The first kappa shape index (κ1) is 18.2. The van der Waals surface area contributed by atoms with Crippen LogP contribution >= 0.6 is 0 Å². The van der Waals surface area contributed by atoms with Crippen LogP contribution in [0.3, 0.4) is 0 Å². The molecule has 2 aliphatic rings. The van der Waals surface area contributed by atoms with Crippen LogP contribution in [0.5, 0.6) is 0 Å². The van der Waals surface area contributed by atoms with Crippen molar-refractivity contribution in [2.75, 3.05) is 13.1 Å². The maximum Gasteiger partial charge on any atom is 0.258 e. The van der Waals surface area contributed by atoms with Crippen molar-refractivity contribution in [2.24, 2.45) is 5.92 Å². The fourth-order valence-electron chi connectivity index (χ4n) is 4.79. The molecule has 2 atom stereocenters. The first-order valence-electron chi connectivity index (χ1n) is 10.1. The molecule has 1 amide bonds. The van der Waals surface area contributed by atoms with Crippen LogP contribution in [0.4, 0.5) is 0 Å². The Balaban J connectivity index is 1.73. The number of rotatable bonds is 2. The second-order valence-corrected chi connectivity index (χ2v) is 8.44. The van der Waals surface area contributed by atoms with Crippen molar-refractivity contribution in [1.82, 2.24) is 9.47 Å². The van der Waals surface area contributed by atoms with Crippen LogP contribution in [0.25, 0.3) is 10.8 Å². The molecular weight excluding hydrogens is 340 g/mol. The van der Waals surface area contributed by atoms with Gasteiger partial charge in [-0.3, -0.25) is 9.59 Å². The van der Waals surface area contributed by atoms with Gasteiger partial charge in [0.15, 0.2) is 0 Å². The van der Waals surface area contributed by atoms with Crippen LogP contribution in [0, 0.1) is 5.92 Å². The smallest absolute Gasteiger partial charge is 0.258 e. The van der Waals surface area contributed by atoms with Crippen molar-refractivity contribution in [1.29, 1.82) is 0 Å². The number of hydrogen-bond donors (Lipinski definition) is 1. The number of nitrogens with zero attached hydrogens (tertiary/aromatic N) is 2. The van der Waals surface area contributed by atoms with E-state index in [2.05, 4.69) is 0 Å². The van der Waals surface area contributed by atoms with Gasteiger partial charge in [-0.15, -0.1) is 0 Å². The summed E-state index contributed by atoms with van der Waals surface area (Å²) in [6, 6.07) is 7.34. The highest BCUT2D eigenvalue weighted by molar-refractivity contribution is 6.06. The molecule has 5 heteroatoms. The molecule has 0 unspecified atom stereocenters. The van der Waals surface area contributed by atoms with Gasteiger partial charge >= 0.3 is 0 Å². The van der Waals surface area contributed by atoms with Crippen LogP contribution in [-0.2, 0) is 0 Å². The third-order valence-electron chi connectivity index (χ3n) is 6.45. The third kappa shape index (κ3) is 3.08. The molecule has 0 bridgehead atoms. The predicted molar refractivity (Wildman–Crippen MR) is 106 cm³/mol. The van der Waals surface area contributed by atoms with E-state index < -0.39 is 5.60 Å². The molecule has 0 radical (unpaired) electrons. The maximum absolute atomic E-state index is 13.4. The molecule has 2 heterocycles. The average molecular weight is 368 g/mol.